The molecule has 0 aliphatic carbocycles. The van der Waals surface area contributed by atoms with Gasteiger partial charge >= 0.3 is 6.03 Å². The number of rotatable bonds is 2. The van der Waals surface area contributed by atoms with Gasteiger partial charge in [0, 0.05) is 51.3 Å². The molecule has 0 bridgehead atoms. The SMILES string of the molecule is O=C(Nc1cccc(Cl)c1)N1CCC(c2cc3cc(Cl)ccc3[nH]2)CC1. The van der Waals surface area contributed by atoms with E-state index < -0.39 is 0 Å². The lowest BCUT2D eigenvalue weighted by Gasteiger charge is -2.31. The molecule has 0 unspecified atom stereocenters. The summed E-state index contributed by atoms with van der Waals surface area (Å²) < 4.78 is 0. The first-order chi connectivity index (χ1) is 12.6. The van der Waals surface area contributed by atoms with E-state index in [1.54, 1.807) is 12.1 Å². The summed E-state index contributed by atoms with van der Waals surface area (Å²) in [7, 11) is 0. The minimum Gasteiger partial charge on any atom is -0.358 e. The van der Waals surface area contributed by atoms with Crippen LogP contribution in [-0.2, 0) is 0 Å². The minimum absolute atomic E-state index is 0.0749. The number of anilines is 1. The van der Waals surface area contributed by atoms with Crippen molar-refractivity contribution in [2.24, 2.45) is 0 Å². The zero-order valence-electron chi connectivity index (χ0n) is 14.1. The first-order valence-electron chi connectivity index (χ1n) is 8.68. The number of hydrogen-bond acceptors (Lipinski definition) is 1. The van der Waals surface area contributed by atoms with E-state index >= 15 is 0 Å². The van der Waals surface area contributed by atoms with Crippen molar-refractivity contribution in [1.29, 1.82) is 0 Å². The molecule has 6 heteroatoms. The second-order valence-electron chi connectivity index (χ2n) is 6.66. The zero-order valence-corrected chi connectivity index (χ0v) is 15.6. The monoisotopic (exact) mass is 387 g/mol. The maximum Gasteiger partial charge on any atom is 0.321 e. The van der Waals surface area contributed by atoms with Gasteiger partial charge < -0.3 is 15.2 Å². The molecule has 4 nitrogen and oxygen atoms in total. The van der Waals surface area contributed by atoms with Gasteiger partial charge in [-0.05, 0) is 55.3 Å². The molecule has 2 heterocycles. The number of piperidine rings is 1. The molecule has 26 heavy (non-hydrogen) atoms. The van der Waals surface area contributed by atoms with E-state index in [2.05, 4.69) is 16.4 Å². The number of aromatic amines is 1. The summed E-state index contributed by atoms with van der Waals surface area (Å²) in [5.41, 5.74) is 3.04. The van der Waals surface area contributed by atoms with E-state index in [1.165, 1.54) is 5.69 Å². The van der Waals surface area contributed by atoms with Crippen molar-refractivity contribution < 1.29 is 4.79 Å². The third kappa shape index (κ3) is 3.67. The zero-order chi connectivity index (χ0) is 18.1. The Labute approximate surface area is 162 Å². The third-order valence-electron chi connectivity index (χ3n) is 4.90. The number of halogens is 2. The third-order valence-corrected chi connectivity index (χ3v) is 5.37. The molecule has 2 amide bonds. The maximum absolute atomic E-state index is 12.4. The fraction of sp³-hybridized carbons (Fsp3) is 0.250. The second-order valence-corrected chi connectivity index (χ2v) is 7.53. The fourth-order valence-corrected chi connectivity index (χ4v) is 3.88. The number of hydrogen-bond donors (Lipinski definition) is 2. The van der Waals surface area contributed by atoms with Gasteiger partial charge in [-0.3, -0.25) is 0 Å². The van der Waals surface area contributed by atoms with Gasteiger partial charge in [0.25, 0.3) is 0 Å². The highest BCUT2D eigenvalue weighted by atomic mass is 35.5. The van der Waals surface area contributed by atoms with Crippen LogP contribution < -0.4 is 5.32 Å². The number of amides is 2. The highest BCUT2D eigenvalue weighted by Gasteiger charge is 2.25. The molecule has 1 aromatic heterocycles. The Hall–Kier alpha value is -2.17. The van der Waals surface area contributed by atoms with Gasteiger partial charge in [0.05, 0.1) is 0 Å². The first kappa shape index (κ1) is 17.3. The maximum atomic E-state index is 12.4. The minimum atomic E-state index is -0.0749. The molecule has 1 fully saturated rings. The van der Waals surface area contributed by atoms with Gasteiger partial charge in [-0.2, -0.15) is 0 Å². The Morgan fingerprint density at radius 2 is 1.81 bits per heavy atom. The highest BCUT2D eigenvalue weighted by molar-refractivity contribution is 6.31. The van der Waals surface area contributed by atoms with E-state index in [-0.39, 0.29) is 6.03 Å². The van der Waals surface area contributed by atoms with Crippen LogP contribution >= 0.6 is 23.2 Å². The fourth-order valence-electron chi connectivity index (χ4n) is 3.51. The summed E-state index contributed by atoms with van der Waals surface area (Å²) in [5, 5.41) is 5.41. The van der Waals surface area contributed by atoms with Crippen molar-refractivity contribution in [3.8, 4) is 0 Å². The molecule has 0 radical (unpaired) electrons. The van der Waals surface area contributed by atoms with Gasteiger partial charge in [-0.25, -0.2) is 4.79 Å². The Morgan fingerprint density at radius 1 is 1.04 bits per heavy atom. The van der Waals surface area contributed by atoms with Crippen molar-refractivity contribution in [2.45, 2.75) is 18.8 Å². The number of nitrogens with one attached hydrogen (secondary N) is 2. The molecule has 134 valence electrons. The average Bonchev–Trinajstić information content (AvgIpc) is 3.05. The number of carbonyl (C=O) groups is 1. The molecule has 1 aliphatic heterocycles. The normalized spacial score (nSPS) is 15.4. The lowest BCUT2D eigenvalue weighted by atomic mass is 9.94. The van der Waals surface area contributed by atoms with Crippen molar-refractivity contribution in [2.75, 3.05) is 18.4 Å². The van der Waals surface area contributed by atoms with Crippen LogP contribution in [0.5, 0.6) is 0 Å². The molecule has 3 aromatic rings. The molecule has 2 N–H and O–H groups in total. The molecule has 4 rings (SSSR count). The first-order valence-corrected chi connectivity index (χ1v) is 9.44. The summed E-state index contributed by atoms with van der Waals surface area (Å²) in [4.78, 5) is 17.8. The molecule has 0 spiro atoms. The van der Waals surface area contributed by atoms with Crippen LogP contribution in [-0.4, -0.2) is 29.0 Å². The summed E-state index contributed by atoms with van der Waals surface area (Å²) in [6.07, 6.45) is 1.87. The Morgan fingerprint density at radius 3 is 2.58 bits per heavy atom. The smallest absolute Gasteiger partial charge is 0.321 e. The Bertz CT molecular complexity index is 945. The van der Waals surface area contributed by atoms with Crippen molar-refractivity contribution in [3.05, 3.63) is 64.3 Å². The number of urea groups is 1. The highest BCUT2D eigenvalue weighted by Crippen LogP contribution is 2.31. The molecular formula is C20H19Cl2N3O. The van der Waals surface area contributed by atoms with Crippen LogP contribution in [0.2, 0.25) is 10.0 Å². The summed E-state index contributed by atoms with van der Waals surface area (Å²) in [5.74, 6) is 0.427. The summed E-state index contributed by atoms with van der Waals surface area (Å²) in [6.45, 7) is 1.46. The van der Waals surface area contributed by atoms with Gasteiger partial charge in [-0.1, -0.05) is 29.3 Å². The lowest BCUT2D eigenvalue weighted by molar-refractivity contribution is 0.194. The Balaban J connectivity index is 1.39. The van der Waals surface area contributed by atoms with Crippen LogP contribution in [0.1, 0.15) is 24.5 Å². The standard InChI is InChI=1S/C20H19Cl2N3O/c21-15-2-1-3-17(12-15)23-20(26)25-8-6-13(7-9-25)19-11-14-10-16(22)4-5-18(14)24-19/h1-5,10-13,24H,6-9H2,(H,23,26). The van der Waals surface area contributed by atoms with Gasteiger partial charge in [0.1, 0.15) is 0 Å². The largest absolute Gasteiger partial charge is 0.358 e. The van der Waals surface area contributed by atoms with E-state index in [9.17, 15) is 4.79 Å². The molecule has 1 saturated heterocycles. The summed E-state index contributed by atoms with van der Waals surface area (Å²) in [6, 6.07) is 15.2. The number of benzene rings is 2. The van der Waals surface area contributed by atoms with E-state index in [0.29, 0.717) is 10.9 Å². The number of fused-ring (bicyclic) bond motifs is 1. The van der Waals surface area contributed by atoms with Crippen LogP contribution in [0.25, 0.3) is 10.9 Å². The van der Waals surface area contributed by atoms with Crippen LogP contribution in [0.15, 0.2) is 48.5 Å². The molecule has 2 aromatic carbocycles. The number of nitrogens with zero attached hydrogens (tertiary/aromatic N) is 1. The quantitative estimate of drug-likeness (QED) is 0.565. The van der Waals surface area contributed by atoms with E-state index in [1.807, 2.05) is 35.2 Å². The van der Waals surface area contributed by atoms with Crippen molar-refractivity contribution >= 4 is 45.8 Å². The number of carbonyl (C=O) groups excluding carboxylic acids is 1. The number of likely N-dealkylation sites (tertiary alicyclic amines) is 1. The van der Waals surface area contributed by atoms with E-state index in [4.69, 9.17) is 23.2 Å². The lowest BCUT2D eigenvalue weighted by Crippen LogP contribution is -2.40. The molecule has 0 atom stereocenters. The topological polar surface area (TPSA) is 48.1 Å². The second kappa shape index (κ2) is 7.22. The van der Waals surface area contributed by atoms with Gasteiger partial charge in [-0.15, -0.1) is 0 Å². The number of aromatic nitrogens is 1. The van der Waals surface area contributed by atoms with Crippen molar-refractivity contribution in [3.63, 3.8) is 0 Å². The summed E-state index contributed by atoms with van der Waals surface area (Å²) >= 11 is 12.0. The molecule has 1 aliphatic rings. The van der Waals surface area contributed by atoms with Gasteiger partial charge in [0.2, 0.25) is 0 Å². The van der Waals surface area contributed by atoms with E-state index in [0.717, 1.165) is 47.5 Å². The number of H-pyrrole nitrogens is 1. The Kier molecular flexibility index (Phi) is 4.79. The van der Waals surface area contributed by atoms with Crippen LogP contribution in [0.3, 0.4) is 0 Å². The molecular weight excluding hydrogens is 369 g/mol. The predicted molar refractivity (Wildman–Crippen MR) is 107 cm³/mol. The van der Waals surface area contributed by atoms with Crippen LogP contribution in [0.4, 0.5) is 10.5 Å². The average molecular weight is 388 g/mol. The van der Waals surface area contributed by atoms with Crippen molar-refractivity contribution in [1.82, 2.24) is 9.88 Å². The predicted octanol–water partition coefficient (Wildman–Crippen LogP) is 5.89. The van der Waals surface area contributed by atoms with Crippen LogP contribution in [0, 0.1) is 0 Å². The van der Waals surface area contributed by atoms with Gasteiger partial charge in [0.15, 0.2) is 0 Å². The molecule has 0 saturated carbocycles.